The van der Waals surface area contributed by atoms with Gasteiger partial charge in [-0.2, -0.15) is 0 Å². The van der Waals surface area contributed by atoms with Crippen molar-refractivity contribution in [2.45, 2.75) is 61.4 Å². The van der Waals surface area contributed by atoms with Gasteiger partial charge in [-0.25, -0.2) is 0 Å². The van der Waals surface area contributed by atoms with E-state index in [0.717, 1.165) is 0 Å². The summed E-state index contributed by atoms with van der Waals surface area (Å²) in [5, 5.41) is 68.5. The largest absolute Gasteiger partial charge is 0.462 e. The maximum atomic E-state index is 11.1. The van der Waals surface area contributed by atoms with E-state index in [1.165, 1.54) is 0 Å². The monoisotopic (exact) mass is 418 g/mol. The molecule has 0 radical (unpaired) electrons. The molecule has 2 saturated heterocycles. The first-order valence-electron chi connectivity index (χ1n) is 8.08. The Labute approximate surface area is 158 Å². The molecule has 13 heteroatoms. The Kier molecular flexibility index (Phi) is 8.15. The summed E-state index contributed by atoms with van der Waals surface area (Å²) < 4.78 is 20.3. The van der Waals surface area contributed by atoms with Gasteiger partial charge in [-0.1, -0.05) is 0 Å². The fraction of sp³-hybridized carbons (Fsp3) is 0.929. The molecule has 12 nitrogen and oxygen atoms in total. The van der Waals surface area contributed by atoms with Crippen LogP contribution in [0.5, 0.6) is 0 Å². The molecule has 2 aliphatic heterocycles. The zero-order valence-electron chi connectivity index (χ0n) is 13.9. The van der Waals surface area contributed by atoms with Crippen LogP contribution < -0.4 is 0 Å². The summed E-state index contributed by atoms with van der Waals surface area (Å²) in [5.74, 6) is -1.25. The van der Waals surface area contributed by atoms with Crippen LogP contribution in [0.25, 0.3) is 0 Å². The maximum Gasteiger partial charge on any atom is 0.320 e. The highest BCUT2D eigenvalue weighted by Gasteiger charge is 2.50. The predicted molar refractivity (Wildman–Crippen MR) is 83.2 cm³/mol. The minimum atomic E-state index is -1.78. The van der Waals surface area contributed by atoms with Crippen LogP contribution in [0.4, 0.5) is 0 Å². The van der Waals surface area contributed by atoms with Crippen LogP contribution >= 0.6 is 11.6 Å². The van der Waals surface area contributed by atoms with Gasteiger partial charge in [-0.05, 0) is 0 Å². The molecule has 0 bridgehead atoms. The van der Waals surface area contributed by atoms with E-state index in [9.17, 15) is 40.5 Å². The molecule has 0 aromatic carbocycles. The number of carbonyl (C=O) groups excluding carboxylic acids is 1. The first-order chi connectivity index (χ1) is 12.7. The van der Waals surface area contributed by atoms with Crippen molar-refractivity contribution in [1.82, 2.24) is 0 Å². The van der Waals surface area contributed by atoms with Crippen molar-refractivity contribution in [3.63, 3.8) is 0 Å². The van der Waals surface area contributed by atoms with Crippen LogP contribution in [-0.4, -0.2) is 122 Å². The van der Waals surface area contributed by atoms with Crippen molar-refractivity contribution < 1.29 is 59.5 Å². The number of rotatable bonds is 6. The summed E-state index contributed by atoms with van der Waals surface area (Å²) in [6.07, 6.45) is -16.1. The van der Waals surface area contributed by atoms with Crippen molar-refractivity contribution in [3.8, 4) is 0 Å². The Morgan fingerprint density at radius 1 is 0.889 bits per heavy atom. The quantitative estimate of drug-likeness (QED) is 0.161. The minimum Gasteiger partial charge on any atom is -0.462 e. The molecule has 0 amide bonds. The van der Waals surface area contributed by atoms with Gasteiger partial charge in [-0.3, -0.25) is 4.79 Å². The molecular weight excluding hydrogens is 396 g/mol. The van der Waals surface area contributed by atoms with Crippen molar-refractivity contribution in [3.05, 3.63) is 0 Å². The Hall–Kier alpha value is -0.640. The molecule has 27 heavy (non-hydrogen) atoms. The lowest BCUT2D eigenvalue weighted by Gasteiger charge is -2.45. The fourth-order valence-electron chi connectivity index (χ4n) is 2.77. The molecule has 158 valence electrons. The summed E-state index contributed by atoms with van der Waals surface area (Å²) in [4.78, 5) is 11.1. The highest BCUT2D eigenvalue weighted by molar-refractivity contribution is 6.26. The zero-order valence-corrected chi connectivity index (χ0v) is 14.7. The lowest BCUT2D eigenvalue weighted by Crippen LogP contribution is -2.64. The van der Waals surface area contributed by atoms with Crippen LogP contribution in [0, 0.1) is 0 Å². The lowest BCUT2D eigenvalue weighted by molar-refractivity contribution is -0.355. The van der Waals surface area contributed by atoms with Crippen LogP contribution in [0.3, 0.4) is 0 Å². The van der Waals surface area contributed by atoms with E-state index in [1.54, 1.807) is 0 Å². The normalized spacial score (nSPS) is 45.5. The van der Waals surface area contributed by atoms with Crippen molar-refractivity contribution >= 4 is 17.6 Å². The number of alkyl halides is 1. The second-order valence-electron chi connectivity index (χ2n) is 6.16. The average molecular weight is 419 g/mol. The molecule has 2 rings (SSSR count). The first-order valence-corrected chi connectivity index (χ1v) is 8.62. The molecule has 7 N–H and O–H groups in total. The van der Waals surface area contributed by atoms with Gasteiger partial charge < -0.3 is 54.7 Å². The van der Waals surface area contributed by atoms with Gasteiger partial charge in [0.2, 0.25) is 0 Å². The van der Waals surface area contributed by atoms with Gasteiger partial charge in [-0.15, -0.1) is 11.6 Å². The van der Waals surface area contributed by atoms with Crippen LogP contribution in [0.2, 0.25) is 0 Å². The Bertz CT molecular complexity index is 493. The van der Waals surface area contributed by atoms with Crippen LogP contribution in [0.15, 0.2) is 0 Å². The van der Waals surface area contributed by atoms with Crippen molar-refractivity contribution in [2.75, 3.05) is 19.1 Å². The first kappa shape index (κ1) is 22.6. The number of aliphatic hydroxyl groups excluding tert-OH is 7. The summed E-state index contributed by atoms with van der Waals surface area (Å²) in [6, 6.07) is 0. The minimum absolute atomic E-state index is 0.447. The maximum absolute atomic E-state index is 11.1. The van der Waals surface area contributed by atoms with E-state index in [2.05, 4.69) is 0 Å². The van der Waals surface area contributed by atoms with Gasteiger partial charge in [0.1, 0.15) is 61.3 Å². The molecule has 0 unspecified atom stereocenters. The molecule has 2 heterocycles. The van der Waals surface area contributed by atoms with Crippen molar-refractivity contribution in [1.29, 1.82) is 0 Å². The third-order valence-electron chi connectivity index (χ3n) is 4.32. The number of aliphatic hydroxyl groups is 7. The van der Waals surface area contributed by atoms with Gasteiger partial charge in [0.25, 0.3) is 0 Å². The van der Waals surface area contributed by atoms with E-state index < -0.39 is 86.5 Å². The van der Waals surface area contributed by atoms with Gasteiger partial charge in [0.15, 0.2) is 12.6 Å². The number of ether oxygens (including phenoxy) is 4. The summed E-state index contributed by atoms with van der Waals surface area (Å²) >= 11 is 5.29. The average Bonchev–Trinajstić information content (AvgIpc) is 2.66. The molecule has 2 aliphatic rings. The number of hydrogen-bond donors (Lipinski definition) is 7. The summed E-state index contributed by atoms with van der Waals surface area (Å²) in [7, 11) is 0. The standard InChI is InChI=1S/C14H23ClO12/c15-1-6(17)24-3-5-7(18)8(19)11(22)14(26-5)27-12-4(2-16)25-13(23)10(21)9(12)20/h4-5,7-14,16,18-23H,1-3H2/t4-,5-,7+,8+,9-,10-,11-,12-,13-,14+/m1/s1. The predicted octanol–water partition coefficient (Wildman–Crippen LogP) is -4.61. The van der Waals surface area contributed by atoms with E-state index in [-0.39, 0.29) is 0 Å². The number of esters is 1. The highest BCUT2D eigenvalue weighted by Crippen LogP contribution is 2.28. The fourth-order valence-corrected chi connectivity index (χ4v) is 2.85. The molecule has 0 saturated carbocycles. The third-order valence-corrected chi connectivity index (χ3v) is 4.53. The molecule has 0 aliphatic carbocycles. The second kappa shape index (κ2) is 9.71. The molecule has 0 aromatic rings. The SMILES string of the molecule is O=C(CCl)OC[C@H]1O[C@@H](O[C@H]2[C@H](O)[C@@H](O)[C@H](O)O[C@@H]2CO)[C@H](O)[C@@H](O)[C@H]1O. The van der Waals surface area contributed by atoms with Crippen molar-refractivity contribution in [2.24, 2.45) is 0 Å². The van der Waals surface area contributed by atoms with Crippen LogP contribution in [0.1, 0.15) is 0 Å². The van der Waals surface area contributed by atoms with E-state index >= 15 is 0 Å². The third kappa shape index (κ3) is 5.05. The lowest BCUT2D eigenvalue weighted by atomic mass is 9.97. The topological polar surface area (TPSA) is 196 Å². The Balaban J connectivity index is 2.09. The van der Waals surface area contributed by atoms with Gasteiger partial charge >= 0.3 is 5.97 Å². The Morgan fingerprint density at radius 2 is 1.56 bits per heavy atom. The second-order valence-corrected chi connectivity index (χ2v) is 6.43. The highest BCUT2D eigenvalue weighted by atomic mass is 35.5. The van der Waals surface area contributed by atoms with E-state index in [0.29, 0.717) is 0 Å². The molecule has 2 fully saturated rings. The smallest absolute Gasteiger partial charge is 0.320 e. The van der Waals surface area contributed by atoms with E-state index in [4.69, 9.17) is 30.5 Å². The Morgan fingerprint density at radius 3 is 2.15 bits per heavy atom. The molecular formula is C14H23ClO12. The summed E-state index contributed by atoms with van der Waals surface area (Å²) in [5.41, 5.74) is 0. The van der Waals surface area contributed by atoms with E-state index in [1.807, 2.05) is 0 Å². The molecule has 0 spiro atoms. The molecule has 10 atom stereocenters. The number of carbonyl (C=O) groups is 1. The van der Waals surface area contributed by atoms with Gasteiger partial charge in [0, 0.05) is 0 Å². The molecule has 0 aromatic heterocycles. The zero-order chi connectivity index (χ0) is 20.3. The number of halogens is 1. The summed E-state index contributed by atoms with van der Waals surface area (Å²) in [6.45, 7) is -1.22. The number of hydrogen-bond acceptors (Lipinski definition) is 12. The van der Waals surface area contributed by atoms with Gasteiger partial charge in [0.05, 0.1) is 6.61 Å². The van der Waals surface area contributed by atoms with Crippen LogP contribution in [-0.2, 0) is 23.7 Å².